The number of anilines is 1. The average molecular weight is 329 g/mol. The third kappa shape index (κ3) is 5.82. The zero-order valence-corrected chi connectivity index (χ0v) is 13.3. The minimum Gasteiger partial charge on any atom is -0.478 e. The number of hydrogen-bond donors (Lipinski definition) is 2. The van der Waals surface area contributed by atoms with Gasteiger partial charge in [-0.2, -0.15) is 0 Å². The lowest BCUT2D eigenvalue weighted by Crippen LogP contribution is -2.13. The van der Waals surface area contributed by atoms with Gasteiger partial charge in [0.25, 0.3) is 0 Å². The van der Waals surface area contributed by atoms with Gasteiger partial charge in [-0.1, -0.05) is 0 Å². The Morgan fingerprint density at radius 2 is 1.91 bits per heavy atom. The van der Waals surface area contributed by atoms with E-state index in [1.54, 1.807) is 7.11 Å². The average Bonchev–Trinajstić information content (AvgIpc) is 2.42. The van der Waals surface area contributed by atoms with Crippen molar-refractivity contribution >= 4 is 27.4 Å². The van der Waals surface area contributed by atoms with Gasteiger partial charge in [-0.25, -0.2) is 13.2 Å². The molecule has 0 saturated heterocycles. The van der Waals surface area contributed by atoms with Crippen LogP contribution in [0.15, 0.2) is 23.1 Å². The monoisotopic (exact) mass is 329 g/mol. The molecule has 0 saturated carbocycles. The van der Waals surface area contributed by atoms with E-state index in [4.69, 9.17) is 9.84 Å². The molecule has 0 aliphatic rings. The largest absolute Gasteiger partial charge is 0.478 e. The standard InChI is InChI=1S/C14H19NO6S/c1-21-6-4-3-5-13(16)15-11-7-10(14(17)18)8-12(9-11)22(2,19)20/h7-9H,3-6H2,1-2H3,(H,15,16)(H,17,18). The molecule has 8 heteroatoms. The van der Waals surface area contributed by atoms with Gasteiger partial charge in [-0.05, 0) is 31.0 Å². The lowest BCUT2D eigenvalue weighted by Gasteiger charge is -2.08. The number of rotatable bonds is 8. The fourth-order valence-corrected chi connectivity index (χ4v) is 2.45. The number of benzene rings is 1. The van der Waals surface area contributed by atoms with Gasteiger partial charge in [-0.3, -0.25) is 4.79 Å². The number of carbonyl (C=O) groups excluding carboxylic acids is 1. The van der Waals surface area contributed by atoms with E-state index in [2.05, 4.69) is 5.32 Å². The van der Waals surface area contributed by atoms with Gasteiger partial charge < -0.3 is 15.2 Å². The number of unbranched alkanes of at least 4 members (excludes halogenated alkanes) is 1. The van der Waals surface area contributed by atoms with Crippen molar-refractivity contribution in [2.45, 2.75) is 24.2 Å². The first-order valence-electron chi connectivity index (χ1n) is 6.61. The second kappa shape index (κ2) is 7.90. The number of ether oxygens (including phenoxy) is 1. The van der Waals surface area contributed by atoms with E-state index in [0.29, 0.717) is 13.0 Å². The molecule has 1 aromatic rings. The highest BCUT2D eigenvalue weighted by Gasteiger charge is 2.14. The number of methoxy groups -OCH3 is 1. The predicted molar refractivity (Wildman–Crippen MR) is 80.9 cm³/mol. The van der Waals surface area contributed by atoms with Crippen LogP contribution >= 0.6 is 0 Å². The van der Waals surface area contributed by atoms with Gasteiger partial charge in [0, 0.05) is 32.1 Å². The first kappa shape index (κ1) is 18.1. The minimum atomic E-state index is -3.57. The molecular formula is C14H19NO6S. The highest BCUT2D eigenvalue weighted by Crippen LogP contribution is 2.19. The van der Waals surface area contributed by atoms with Crippen LogP contribution in [0.1, 0.15) is 29.6 Å². The summed E-state index contributed by atoms with van der Waals surface area (Å²) >= 11 is 0. The number of carboxylic acid groups (broad SMARTS) is 1. The molecule has 0 aliphatic heterocycles. The van der Waals surface area contributed by atoms with Crippen molar-refractivity contribution in [2.75, 3.05) is 25.3 Å². The summed E-state index contributed by atoms with van der Waals surface area (Å²) in [5, 5.41) is 11.5. The lowest BCUT2D eigenvalue weighted by atomic mass is 10.2. The Morgan fingerprint density at radius 1 is 1.23 bits per heavy atom. The topological polar surface area (TPSA) is 110 Å². The van der Waals surface area contributed by atoms with Crippen LogP contribution in [0.3, 0.4) is 0 Å². The summed E-state index contributed by atoms with van der Waals surface area (Å²) in [6.45, 7) is 0.556. The second-order valence-electron chi connectivity index (χ2n) is 4.82. The molecule has 1 rings (SSSR count). The van der Waals surface area contributed by atoms with E-state index in [-0.39, 0.29) is 28.5 Å². The van der Waals surface area contributed by atoms with Crippen LogP contribution in [0.25, 0.3) is 0 Å². The molecule has 1 amide bonds. The summed E-state index contributed by atoms with van der Waals surface area (Å²) in [6, 6.07) is 3.53. The predicted octanol–water partition coefficient (Wildman–Crippen LogP) is 1.54. The zero-order chi connectivity index (χ0) is 16.8. The molecule has 0 spiro atoms. The van der Waals surface area contributed by atoms with E-state index in [9.17, 15) is 18.0 Å². The number of sulfone groups is 1. The molecule has 2 N–H and O–H groups in total. The van der Waals surface area contributed by atoms with Gasteiger partial charge in [0.1, 0.15) is 0 Å². The van der Waals surface area contributed by atoms with Crippen molar-refractivity contribution in [2.24, 2.45) is 0 Å². The van der Waals surface area contributed by atoms with E-state index in [0.717, 1.165) is 18.7 Å². The summed E-state index contributed by atoms with van der Waals surface area (Å²) in [5.41, 5.74) is -0.0466. The van der Waals surface area contributed by atoms with Gasteiger partial charge in [0.15, 0.2) is 9.84 Å². The molecule has 0 fully saturated rings. The maximum Gasteiger partial charge on any atom is 0.335 e. The first-order chi connectivity index (χ1) is 10.2. The third-order valence-electron chi connectivity index (χ3n) is 2.87. The van der Waals surface area contributed by atoms with Gasteiger partial charge in [-0.15, -0.1) is 0 Å². The number of carbonyl (C=O) groups is 2. The molecule has 0 aliphatic carbocycles. The summed E-state index contributed by atoms with van der Waals surface area (Å²) in [4.78, 5) is 22.7. The van der Waals surface area contributed by atoms with Crippen LogP contribution < -0.4 is 5.32 Å². The van der Waals surface area contributed by atoms with E-state index < -0.39 is 15.8 Å². The van der Waals surface area contributed by atoms with Gasteiger partial charge >= 0.3 is 5.97 Å². The number of hydrogen-bond acceptors (Lipinski definition) is 5. The van der Waals surface area contributed by atoms with E-state index >= 15 is 0 Å². The Balaban J connectivity index is 2.88. The minimum absolute atomic E-state index is 0.150. The first-order valence-corrected chi connectivity index (χ1v) is 8.50. The Labute approximate surface area is 129 Å². The Morgan fingerprint density at radius 3 is 2.45 bits per heavy atom. The molecule has 0 unspecified atom stereocenters. The molecule has 7 nitrogen and oxygen atoms in total. The third-order valence-corrected chi connectivity index (χ3v) is 3.96. The number of carboxylic acids is 1. The fourth-order valence-electron chi connectivity index (χ4n) is 1.76. The van der Waals surface area contributed by atoms with Crippen molar-refractivity contribution in [3.63, 3.8) is 0 Å². The van der Waals surface area contributed by atoms with Crippen molar-refractivity contribution in [1.29, 1.82) is 0 Å². The van der Waals surface area contributed by atoms with Crippen LogP contribution in [0.5, 0.6) is 0 Å². The fraction of sp³-hybridized carbons (Fsp3) is 0.429. The van der Waals surface area contributed by atoms with Crippen LogP contribution in [-0.2, 0) is 19.4 Å². The van der Waals surface area contributed by atoms with Gasteiger partial charge in [0.05, 0.1) is 10.5 Å². The van der Waals surface area contributed by atoms with Crippen molar-refractivity contribution in [3.05, 3.63) is 23.8 Å². The summed E-state index contributed by atoms with van der Waals surface area (Å²) < 4.78 is 28.0. The van der Waals surface area contributed by atoms with Crippen LogP contribution in [0, 0.1) is 0 Å². The summed E-state index contributed by atoms with van der Waals surface area (Å²) in [5.74, 6) is -1.57. The Hall–Kier alpha value is -1.93. The SMILES string of the molecule is COCCCCC(=O)Nc1cc(C(=O)O)cc(S(C)(=O)=O)c1. The molecule has 0 radical (unpaired) electrons. The highest BCUT2D eigenvalue weighted by molar-refractivity contribution is 7.90. The lowest BCUT2D eigenvalue weighted by molar-refractivity contribution is -0.116. The molecule has 1 aromatic carbocycles. The van der Waals surface area contributed by atoms with E-state index in [1.807, 2.05) is 0 Å². The van der Waals surface area contributed by atoms with Crippen molar-refractivity contribution in [3.8, 4) is 0 Å². The summed E-state index contributed by atoms with van der Waals surface area (Å²) in [7, 11) is -2.00. The van der Waals surface area contributed by atoms with Crippen molar-refractivity contribution in [1.82, 2.24) is 0 Å². The molecule has 0 atom stereocenters. The maximum atomic E-state index is 11.8. The molecular weight excluding hydrogens is 310 g/mol. The number of aromatic carboxylic acids is 1. The van der Waals surface area contributed by atoms with Crippen LogP contribution in [-0.4, -0.2) is 45.4 Å². The molecule has 22 heavy (non-hydrogen) atoms. The normalized spacial score (nSPS) is 11.2. The Bertz CT molecular complexity index is 653. The smallest absolute Gasteiger partial charge is 0.335 e. The second-order valence-corrected chi connectivity index (χ2v) is 6.84. The maximum absolute atomic E-state index is 11.8. The quantitative estimate of drug-likeness (QED) is 0.700. The molecule has 0 bridgehead atoms. The van der Waals surface area contributed by atoms with Gasteiger partial charge in [0.2, 0.25) is 5.91 Å². The van der Waals surface area contributed by atoms with Crippen LogP contribution in [0.2, 0.25) is 0 Å². The molecule has 122 valence electrons. The van der Waals surface area contributed by atoms with Crippen LogP contribution in [0.4, 0.5) is 5.69 Å². The zero-order valence-electron chi connectivity index (χ0n) is 12.5. The Kier molecular flexibility index (Phi) is 6.51. The van der Waals surface area contributed by atoms with E-state index in [1.165, 1.54) is 12.1 Å². The molecule has 0 aromatic heterocycles. The molecule has 0 heterocycles. The summed E-state index contributed by atoms with van der Waals surface area (Å²) in [6.07, 6.45) is 2.57. The number of amides is 1. The highest BCUT2D eigenvalue weighted by atomic mass is 32.2. The van der Waals surface area contributed by atoms with Crippen molar-refractivity contribution < 1.29 is 27.9 Å². The number of nitrogens with one attached hydrogen (secondary N) is 1.